The summed E-state index contributed by atoms with van der Waals surface area (Å²) in [7, 11) is 1.60. The van der Waals surface area contributed by atoms with E-state index >= 15 is 0 Å². The van der Waals surface area contributed by atoms with Crippen molar-refractivity contribution >= 4 is 11.6 Å². The molecule has 1 amide bonds. The van der Waals surface area contributed by atoms with Crippen LogP contribution in [0.1, 0.15) is 17.5 Å². The van der Waals surface area contributed by atoms with E-state index in [1.54, 1.807) is 7.11 Å². The second-order valence-electron chi connectivity index (χ2n) is 8.58. The Labute approximate surface area is 189 Å². The number of carbonyl (C=O) groups is 1. The molecular weight excluding hydrogens is 406 g/mol. The summed E-state index contributed by atoms with van der Waals surface area (Å²) in [6.07, 6.45) is 2.87. The van der Waals surface area contributed by atoms with Crippen LogP contribution >= 0.6 is 0 Å². The maximum absolute atomic E-state index is 12.5. The van der Waals surface area contributed by atoms with Gasteiger partial charge in [0.15, 0.2) is 11.5 Å². The summed E-state index contributed by atoms with van der Waals surface area (Å²) in [5.41, 5.74) is 3.67. The second kappa shape index (κ2) is 10.8. The van der Waals surface area contributed by atoms with Crippen LogP contribution in [0.2, 0.25) is 0 Å². The standard InChI is InChI=1S/C25H33N3O4/c1-31-23-7-2-3-8-24(23)32-18-22(29)16-27-11-13-28(14-12-27)17-25(30)26-21-10-9-19-5-4-6-20(19)15-21/h2-3,7-10,15,22,29H,4-6,11-14,16-18H2,1H3,(H,26,30). The topological polar surface area (TPSA) is 74.3 Å². The van der Waals surface area contributed by atoms with Gasteiger partial charge in [0.1, 0.15) is 12.7 Å². The summed E-state index contributed by atoms with van der Waals surface area (Å²) in [6.45, 7) is 4.39. The number of piperazine rings is 1. The van der Waals surface area contributed by atoms with Crippen LogP contribution in [0.25, 0.3) is 0 Å². The van der Waals surface area contributed by atoms with Gasteiger partial charge in [-0.2, -0.15) is 0 Å². The fraction of sp³-hybridized carbons (Fsp3) is 0.480. The molecular formula is C25H33N3O4. The lowest BCUT2D eigenvalue weighted by Crippen LogP contribution is -2.50. The summed E-state index contributed by atoms with van der Waals surface area (Å²) >= 11 is 0. The van der Waals surface area contributed by atoms with Crippen LogP contribution in [-0.4, -0.2) is 79.9 Å². The number of nitrogens with zero attached hydrogens (tertiary/aromatic N) is 2. The molecule has 0 radical (unpaired) electrons. The zero-order chi connectivity index (χ0) is 22.3. The summed E-state index contributed by atoms with van der Waals surface area (Å²) in [6, 6.07) is 13.7. The molecule has 7 heteroatoms. The van der Waals surface area contributed by atoms with E-state index in [4.69, 9.17) is 9.47 Å². The van der Waals surface area contributed by atoms with Crippen LogP contribution in [-0.2, 0) is 17.6 Å². The summed E-state index contributed by atoms with van der Waals surface area (Å²) in [5.74, 6) is 1.32. The zero-order valence-electron chi connectivity index (χ0n) is 18.8. The van der Waals surface area contributed by atoms with Crippen LogP contribution in [0.4, 0.5) is 5.69 Å². The van der Waals surface area contributed by atoms with Crippen molar-refractivity contribution in [2.75, 3.05) is 58.3 Å². The Kier molecular flexibility index (Phi) is 7.63. The highest BCUT2D eigenvalue weighted by Gasteiger charge is 2.21. The van der Waals surface area contributed by atoms with Crippen LogP contribution in [0.15, 0.2) is 42.5 Å². The van der Waals surface area contributed by atoms with Crippen molar-refractivity contribution in [2.24, 2.45) is 0 Å². The molecule has 1 unspecified atom stereocenters. The number of carbonyl (C=O) groups excluding carboxylic acids is 1. The van der Waals surface area contributed by atoms with Gasteiger partial charge in [-0.05, 0) is 54.7 Å². The van der Waals surface area contributed by atoms with E-state index in [1.165, 1.54) is 17.5 Å². The first-order valence-corrected chi connectivity index (χ1v) is 11.4. The van der Waals surface area contributed by atoms with Crippen molar-refractivity contribution in [3.63, 3.8) is 0 Å². The number of anilines is 1. The van der Waals surface area contributed by atoms with Crippen molar-refractivity contribution in [1.29, 1.82) is 0 Å². The first kappa shape index (κ1) is 22.6. The molecule has 1 atom stereocenters. The molecule has 2 aliphatic rings. The third-order valence-electron chi connectivity index (χ3n) is 6.18. The number of fused-ring (bicyclic) bond motifs is 1. The molecule has 172 valence electrons. The smallest absolute Gasteiger partial charge is 0.238 e. The number of β-amino-alcohol motifs (C(OH)–C–C–N with tert-alkyl or cyclic N) is 1. The molecule has 1 saturated heterocycles. The number of rotatable bonds is 9. The third kappa shape index (κ3) is 6.00. The first-order valence-electron chi connectivity index (χ1n) is 11.4. The minimum Gasteiger partial charge on any atom is -0.493 e. The maximum Gasteiger partial charge on any atom is 0.238 e. The summed E-state index contributed by atoms with van der Waals surface area (Å²) in [4.78, 5) is 16.9. The molecule has 32 heavy (non-hydrogen) atoms. The number of benzene rings is 2. The Hall–Kier alpha value is -2.61. The van der Waals surface area contributed by atoms with Gasteiger partial charge < -0.3 is 19.9 Å². The van der Waals surface area contributed by atoms with E-state index in [0.717, 1.165) is 44.7 Å². The van der Waals surface area contributed by atoms with Gasteiger partial charge in [-0.15, -0.1) is 0 Å². The van der Waals surface area contributed by atoms with Crippen LogP contribution in [0.5, 0.6) is 11.5 Å². The Balaban J connectivity index is 1.16. The molecule has 1 fully saturated rings. The van der Waals surface area contributed by atoms with Gasteiger partial charge in [0, 0.05) is 38.4 Å². The molecule has 0 aromatic heterocycles. The quantitative estimate of drug-likeness (QED) is 0.624. The van der Waals surface area contributed by atoms with Gasteiger partial charge in [0.2, 0.25) is 5.91 Å². The number of aliphatic hydroxyl groups excluding tert-OH is 1. The lowest BCUT2D eigenvalue weighted by Gasteiger charge is -2.35. The van der Waals surface area contributed by atoms with E-state index < -0.39 is 6.10 Å². The molecule has 7 nitrogen and oxygen atoms in total. The summed E-state index contributed by atoms with van der Waals surface area (Å²) < 4.78 is 11.0. The molecule has 0 saturated carbocycles. The SMILES string of the molecule is COc1ccccc1OCC(O)CN1CCN(CC(=O)Nc2ccc3c(c2)CCC3)CC1. The lowest BCUT2D eigenvalue weighted by molar-refractivity contribution is -0.117. The van der Waals surface area contributed by atoms with Gasteiger partial charge in [0.25, 0.3) is 0 Å². The molecule has 2 aromatic carbocycles. The van der Waals surface area contributed by atoms with E-state index in [0.29, 0.717) is 24.6 Å². The van der Waals surface area contributed by atoms with E-state index in [-0.39, 0.29) is 12.5 Å². The Bertz CT molecular complexity index is 912. The number of aryl methyl sites for hydroxylation is 2. The summed E-state index contributed by atoms with van der Waals surface area (Å²) in [5, 5.41) is 13.4. The molecule has 1 aliphatic carbocycles. The largest absolute Gasteiger partial charge is 0.493 e. The molecule has 2 N–H and O–H groups in total. The van der Waals surface area contributed by atoms with E-state index in [2.05, 4.69) is 27.2 Å². The number of hydrogen-bond donors (Lipinski definition) is 2. The van der Waals surface area contributed by atoms with Crippen LogP contribution < -0.4 is 14.8 Å². The highest BCUT2D eigenvalue weighted by molar-refractivity contribution is 5.92. The molecule has 0 spiro atoms. The zero-order valence-corrected chi connectivity index (χ0v) is 18.8. The number of aliphatic hydroxyl groups is 1. The van der Waals surface area contributed by atoms with Crippen LogP contribution in [0, 0.1) is 0 Å². The fourth-order valence-electron chi connectivity index (χ4n) is 4.46. The number of amides is 1. The van der Waals surface area contributed by atoms with Gasteiger partial charge in [-0.1, -0.05) is 18.2 Å². The van der Waals surface area contributed by atoms with Gasteiger partial charge >= 0.3 is 0 Å². The van der Waals surface area contributed by atoms with Crippen molar-refractivity contribution in [1.82, 2.24) is 9.80 Å². The van der Waals surface area contributed by atoms with Crippen molar-refractivity contribution < 1.29 is 19.4 Å². The number of para-hydroxylation sites is 2. The van der Waals surface area contributed by atoms with E-state index in [1.807, 2.05) is 30.3 Å². The monoisotopic (exact) mass is 439 g/mol. The molecule has 1 heterocycles. The number of nitrogens with one attached hydrogen (secondary N) is 1. The van der Waals surface area contributed by atoms with Gasteiger partial charge in [-0.25, -0.2) is 0 Å². The first-order chi connectivity index (χ1) is 15.6. The average Bonchev–Trinajstić information content (AvgIpc) is 3.27. The number of methoxy groups -OCH3 is 1. The highest BCUT2D eigenvalue weighted by Crippen LogP contribution is 2.26. The maximum atomic E-state index is 12.5. The average molecular weight is 440 g/mol. The van der Waals surface area contributed by atoms with Crippen molar-refractivity contribution in [3.05, 3.63) is 53.6 Å². The van der Waals surface area contributed by atoms with Gasteiger partial charge in [0.05, 0.1) is 13.7 Å². The molecule has 0 bridgehead atoms. The predicted molar refractivity (Wildman–Crippen MR) is 124 cm³/mol. The van der Waals surface area contributed by atoms with Crippen LogP contribution in [0.3, 0.4) is 0 Å². The second-order valence-corrected chi connectivity index (χ2v) is 8.58. The van der Waals surface area contributed by atoms with E-state index in [9.17, 15) is 9.90 Å². The third-order valence-corrected chi connectivity index (χ3v) is 6.18. The predicted octanol–water partition coefficient (Wildman–Crippen LogP) is 2.18. The Morgan fingerprint density at radius 3 is 2.53 bits per heavy atom. The minimum atomic E-state index is -0.588. The molecule has 1 aliphatic heterocycles. The molecule has 2 aromatic rings. The number of ether oxygens (including phenoxy) is 2. The lowest BCUT2D eigenvalue weighted by atomic mass is 10.1. The Morgan fingerprint density at radius 1 is 1.03 bits per heavy atom. The Morgan fingerprint density at radius 2 is 1.75 bits per heavy atom. The van der Waals surface area contributed by atoms with Crippen molar-refractivity contribution in [2.45, 2.75) is 25.4 Å². The molecule has 4 rings (SSSR count). The van der Waals surface area contributed by atoms with Gasteiger partial charge in [-0.3, -0.25) is 14.6 Å². The normalized spacial score (nSPS) is 17.6. The van der Waals surface area contributed by atoms with Crippen molar-refractivity contribution in [3.8, 4) is 11.5 Å². The fourth-order valence-corrected chi connectivity index (χ4v) is 4.46. The minimum absolute atomic E-state index is 0.0293. The number of hydrogen-bond acceptors (Lipinski definition) is 6. The highest BCUT2D eigenvalue weighted by atomic mass is 16.5.